The van der Waals surface area contributed by atoms with Gasteiger partial charge in [0, 0.05) is 23.5 Å². The summed E-state index contributed by atoms with van der Waals surface area (Å²) < 4.78 is 51.7. The molecule has 43 heavy (non-hydrogen) atoms. The van der Waals surface area contributed by atoms with Crippen molar-refractivity contribution in [3.05, 3.63) is 35.0 Å². The van der Waals surface area contributed by atoms with Crippen LogP contribution < -0.4 is 16.4 Å². The summed E-state index contributed by atoms with van der Waals surface area (Å²) in [7, 11) is 0. The molecule has 1 saturated carbocycles. The van der Waals surface area contributed by atoms with E-state index in [9.17, 15) is 18.4 Å². The topological polar surface area (TPSA) is 140 Å². The number of hydrogen-bond acceptors (Lipinski definition) is 8. The normalized spacial score (nSPS) is 22.8. The molecule has 4 N–H and O–H groups in total. The van der Waals surface area contributed by atoms with Crippen molar-refractivity contribution in [2.24, 2.45) is 11.7 Å². The van der Waals surface area contributed by atoms with Crippen molar-refractivity contribution >= 4 is 52.3 Å². The van der Waals surface area contributed by atoms with Crippen molar-refractivity contribution in [2.75, 3.05) is 23.7 Å². The van der Waals surface area contributed by atoms with Crippen LogP contribution >= 0.6 is 11.6 Å². The van der Waals surface area contributed by atoms with Gasteiger partial charge in [-0.1, -0.05) is 11.6 Å². The zero-order valence-electron chi connectivity index (χ0n) is 24.0. The van der Waals surface area contributed by atoms with Crippen molar-refractivity contribution in [1.82, 2.24) is 24.4 Å². The van der Waals surface area contributed by atoms with Crippen LogP contribution in [0.3, 0.4) is 0 Å². The number of rotatable bonds is 6. The van der Waals surface area contributed by atoms with Crippen LogP contribution in [-0.2, 0) is 9.53 Å². The molecule has 15 heteroatoms. The molecule has 0 unspecified atom stereocenters. The number of fused-ring (bicyclic) bond motifs is 1. The average Bonchev–Trinajstić information content (AvgIpc) is 3.28. The first-order valence-corrected chi connectivity index (χ1v) is 14.5. The number of ether oxygens (including phenoxy) is 1. The molecule has 2 amide bonds. The largest absolute Gasteiger partial charge is 0.444 e. The molecule has 5 rings (SSSR count). The summed E-state index contributed by atoms with van der Waals surface area (Å²) in [6.45, 7) is 5.37. The Labute approximate surface area is 251 Å². The predicted octanol–water partition coefficient (Wildman–Crippen LogP) is 5.48. The Morgan fingerprint density at radius 1 is 1.09 bits per heavy atom. The minimum absolute atomic E-state index is 0.0940. The van der Waals surface area contributed by atoms with Crippen LogP contribution in [0.4, 0.5) is 35.5 Å². The minimum atomic E-state index is -1.41. The number of carbonyl (C=O) groups excluding carboxylic acids is 2. The van der Waals surface area contributed by atoms with Crippen LogP contribution in [0.25, 0.3) is 11.2 Å². The SMILES string of the molecule is CC(C)(C)OC(=O)N1CC[C@H](Nc2ncc3nc(Nc4c(F)cc(Cl)cc4F)n(C4CCC(C(N)=O)CC4)c3n2)[C@H](F)C1. The van der Waals surface area contributed by atoms with Gasteiger partial charge in [-0.05, 0) is 65.0 Å². The van der Waals surface area contributed by atoms with Gasteiger partial charge < -0.3 is 26.0 Å². The number of anilines is 3. The van der Waals surface area contributed by atoms with Crippen LogP contribution in [0.15, 0.2) is 18.3 Å². The molecular weight excluding hydrogens is 589 g/mol. The summed E-state index contributed by atoms with van der Waals surface area (Å²) >= 11 is 5.79. The molecule has 2 aliphatic rings. The maximum absolute atomic E-state index is 15.2. The number of primary amides is 1. The highest BCUT2D eigenvalue weighted by atomic mass is 35.5. The number of benzene rings is 1. The Bertz CT molecular complexity index is 1500. The second-order valence-electron chi connectivity index (χ2n) is 12.0. The lowest BCUT2D eigenvalue weighted by molar-refractivity contribution is -0.122. The van der Waals surface area contributed by atoms with Crippen molar-refractivity contribution in [1.29, 1.82) is 0 Å². The van der Waals surface area contributed by atoms with Gasteiger partial charge in [-0.2, -0.15) is 4.98 Å². The molecule has 11 nitrogen and oxygen atoms in total. The number of amides is 2. The number of hydrogen-bond donors (Lipinski definition) is 3. The Hall–Kier alpha value is -3.81. The highest BCUT2D eigenvalue weighted by Gasteiger charge is 2.35. The summed E-state index contributed by atoms with van der Waals surface area (Å²) in [5.74, 6) is -2.19. The Kier molecular flexibility index (Phi) is 8.59. The third-order valence-corrected chi connectivity index (χ3v) is 7.87. The van der Waals surface area contributed by atoms with Gasteiger partial charge in [0.05, 0.1) is 18.8 Å². The van der Waals surface area contributed by atoms with E-state index in [0.29, 0.717) is 43.3 Å². The number of piperidine rings is 1. The molecule has 0 radical (unpaired) electrons. The number of likely N-dealkylation sites (tertiary alicyclic amines) is 1. The molecule has 1 aliphatic carbocycles. The standard InChI is InChI=1S/C28H34ClF3N8O3/c1-28(2,3)43-27(42)39-9-8-20(19(32)13-39)35-25-34-12-21-24(38-25)40(16-6-4-14(5-7-16)23(33)41)26(36-21)37-22-17(30)10-15(29)11-18(22)31/h10-12,14,16,19-20H,4-9,13H2,1-3H3,(H2,33,41)(H,36,37)(H,34,35,38)/t14?,16?,19-,20+/m1/s1. The van der Waals surface area contributed by atoms with E-state index in [0.717, 1.165) is 12.1 Å². The molecule has 0 spiro atoms. The molecule has 2 aromatic heterocycles. The minimum Gasteiger partial charge on any atom is -0.444 e. The molecule has 3 heterocycles. The van der Waals surface area contributed by atoms with E-state index in [4.69, 9.17) is 22.1 Å². The predicted molar refractivity (Wildman–Crippen MR) is 155 cm³/mol. The van der Waals surface area contributed by atoms with Crippen molar-refractivity contribution in [2.45, 2.75) is 76.7 Å². The van der Waals surface area contributed by atoms with Gasteiger partial charge in [-0.25, -0.2) is 27.9 Å². The Morgan fingerprint density at radius 2 is 1.77 bits per heavy atom. The lowest BCUT2D eigenvalue weighted by Gasteiger charge is -2.35. The summed E-state index contributed by atoms with van der Waals surface area (Å²) in [5, 5.41) is 5.69. The summed E-state index contributed by atoms with van der Waals surface area (Å²) in [6.07, 6.45) is 1.89. The molecule has 232 valence electrons. The molecule has 1 aromatic carbocycles. The van der Waals surface area contributed by atoms with E-state index < -0.39 is 41.2 Å². The zero-order valence-corrected chi connectivity index (χ0v) is 24.8. The summed E-state index contributed by atoms with van der Waals surface area (Å²) in [4.78, 5) is 38.9. The highest BCUT2D eigenvalue weighted by Crippen LogP contribution is 2.38. The Morgan fingerprint density at radius 3 is 2.37 bits per heavy atom. The fourth-order valence-electron chi connectivity index (χ4n) is 5.51. The van der Waals surface area contributed by atoms with Gasteiger partial charge in [0.25, 0.3) is 0 Å². The lowest BCUT2D eigenvalue weighted by atomic mass is 9.85. The van der Waals surface area contributed by atoms with E-state index in [1.807, 2.05) is 0 Å². The second-order valence-corrected chi connectivity index (χ2v) is 12.4. The summed E-state index contributed by atoms with van der Waals surface area (Å²) in [6, 6.07) is 1.08. The fraction of sp³-hybridized carbons (Fsp3) is 0.536. The number of aromatic nitrogens is 4. The molecule has 3 aromatic rings. The van der Waals surface area contributed by atoms with Gasteiger partial charge in [0.1, 0.15) is 23.0 Å². The monoisotopic (exact) mass is 622 g/mol. The highest BCUT2D eigenvalue weighted by molar-refractivity contribution is 6.30. The molecule has 2 atom stereocenters. The van der Waals surface area contributed by atoms with Crippen molar-refractivity contribution in [3.63, 3.8) is 0 Å². The van der Waals surface area contributed by atoms with Crippen molar-refractivity contribution < 1.29 is 27.5 Å². The lowest BCUT2D eigenvalue weighted by Crippen LogP contribution is -2.51. The van der Waals surface area contributed by atoms with E-state index in [2.05, 4.69) is 25.6 Å². The molecule has 1 saturated heterocycles. The number of alkyl halides is 1. The van der Waals surface area contributed by atoms with E-state index >= 15 is 4.39 Å². The van der Waals surface area contributed by atoms with Gasteiger partial charge in [-0.3, -0.25) is 9.36 Å². The molecule has 0 bridgehead atoms. The van der Waals surface area contributed by atoms with Gasteiger partial charge in [0.2, 0.25) is 17.8 Å². The first-order chi connectivity index (χ1) is 20.3. The number of nitrogens with two attached hydrogens (primary N) is 1. The number of halogens is 4. The third-order valence-electron chi connectivity index (χ3n) is 7.65. The summed E-state index contributed by atoms with van der Waals surface area (Å²) in [5.41, 5.74) is 5.10. The molecular formula is C28H34ClF3N8O3. The van der Waals surface area contributed by atoms with Crippen molar-refractivity contribution in [3.8, 4) is 0 Å². The fourth-order valence-corrected chi connectivity index (χ4v) is 5.70. The van der Waals surface area contributed by atoms with E-state index in [1.54, 1.807) is 25.3 Å². The van der Waals surface area contributed by atoms with Crippen LogP contribution in [0.5, 0.6) is 0 Å². The Balaban J connectivity index is 1.41. The third kappa shape index (κ3) is 6.89. The maximum Gasteiger partial charge on any atom is 0.410 e. The quantitative estimate of drug-likeness (QED) is 0.328. The van der Waals surface area contributed by atoms with Crippen LogP contribution in [0, 0.1) is 17.6 Å². The van der Waals surface area contributed by atoms with E-state index in [1.165, 1.54) is 11.1 Å². The van der Waals surface area contributed by atoms with Crippen LogP contribution in [0.1, 0.15) is 58.9 Å². The number of nitrogens with zero attached hydrogens (tertiary/aromatic N) is 5. The molecule has 2 fully saturated rings. The first kappa shape index (κ1) is 30.6. The number of carbonyl (C=O) groups is 2. The zero-order chi connectivity index (χ0) is 31.1. The van der Waals surface area contributed by atoms with Gasteiger partial charge in [-0.15, -0.1) is 0 Å². The molecule has 1 aliphatic heterocycles. The maximum atomic E-state index is 15.2. The van der Waals surface area contributed by atoms with Gasteiger partial charge in [0.15, 0.2) is 17.3 Å². The number of imidazole rings is 1. The van der Waals surface area contributed by atoms with Crippen LogP contribution in [-0.4, -0.2) is 67.3 Å². The van der Waals surface area contributed by atoms with E-state index in [-0.39, 0.29) is 47.9 Å². The second kappa shape index (κ2) is 12.1. The first-order valence-electron chi connectivity index (χ1n) is 14.1. The average molecular weight is 623 g/mol. The van der Waals surface area contributed by atoms with Crippen LogP contribution in [0.2, 0.25) is 5.02 Å². The van der Waals surface area contributed by atoms with Gasteiger partial charge >= 0.3 is 6.09 Å². The smallest absolute Gasteiger partial charge is 0.410 e. The number of nitrogens with one attached hydrogen (secondary N) is 2.